The number of aromatic nitrogens is 3. The molecule has 0 radical (unpaired) electrons. The quantitative estimate of drug-likeness (QED) is 0.175. The number of imidazole rings is 1. The van der Waals surface area contributed by atoms with E-state index < -0.39 is 6.85 Å². The second kappa shape index (κ2) is 12.6. The van der Waals surface area contributed by atoms with Crippen molar-refractivity contribution in [3.63, 3.8) is 0 Å². The lowest BCUT2D eigenvalue weighted by Crippen LogP contribution is -1.98. The van der Waals surface area contributed by atoms with Gasteiger partial charge in [0.05, 0.1) is 5.52 Å². The smallest absolute Gasteiger partial charge is 0.309 e. The number of fused-ring (bicyclic) bond motifs is 5. The van der Waals surface area contributed by atoms with Crippen LogP contribution in [0.1, 0.15) is 9.68 Å². The summed E-state index contributed by atoms with van der Waals surface area (Å²) in [6.45, 7) is -2.38. The Bertz CT molecular complexity index is 3030. The molecule has 3 heterocycles. The molecule has 0 saturated heterocycles. The summed E-state index contributed by atoms with van der Waals surface area (Å²) < 4.78 is 33.6. The molecule has 0 fully saturated rings. The van der Waals surface area contributed by atoms with Crippen molar-refractivity contribution in [2.75, 3.05) is 0 Å². The standard InChI is InChI=1S/C49H33N3O/c1-32-24-29-41-47(51-49-52(41)42-23-14-30-50-48(42)53-49)43(32)37-25-27-38(28-26-37)45-40(34-17-8-3-9-18-34)31-39(33-15-6-2-7-16-33)44(35-19-10-4-11-20-35)46(45)36-21-12-5-13-22-36/h2-31H,1H3/i1D3. The minimum atomic E-state index is -2.38. The molecule has 0 bridgehead atoms. The van der Waals surface area contributed by atoms with E-state index in [1.54, 1.807) is 12.3 Å². The average molecular weight is 683 g/mol. The van der Waals surface area contributed by atoms with Crippen molar-refractivity contribution < 1.29 is 8.53 Å². The third-order valence-electron chi connectivity index (χ3n) is 10.1. The first-order valence-corrected chi connectivity index (χ1v) is 17.7. The van der Waals surface area contributed by atoms with Gasteiger partial charge in [0.25, 0.3) is 0 Å². The molecule has 0 spiro atoms. The van der Waals surface area contributed by atoms with Crippen molar-refractivity contribution in [2.45, 2.75) is 6.85 Å². The fourth-order valence-electron chi connectivity index (χ4n) is 7.71. The van der Waals surface area contributed by atoms with Gasteiger partial charge < -0.3 is 4.42 Å². The first-order valence-electron chi connectivity index (χ1n) is 19.2. The van der Waals surface area contributed by atoms with Gasteiger partial charge in [-0.05, 0) is 97.9 Å². The highest BCUT2D eigenvalue weighted by Crippen LogP contribution is 2.50. The van der Waals surface area contributed by atoms with Crippen LogP contribution in [-0.4, -0.2) is 14.4 Å². The number of hydrogen-bond donors (Lipinski definition) is 0. The van der Waals surface area contributed by atoms with Crippen LogP contribution in [0.3, 0.4) is 0 Å². The van der Waals surface area contributed by atoms with Crippen LogP contribution in [-0.2, 0) is 0 Å². The molecule has 0 saturated carbocycles. The predicted octanol–water partition coefficient (Wildman–Crippen LogP) is 12.9. The zero-order chi connectivity index (χ0) is 37.8. The minimum absolute atomic E-state index is 0.231. The lowest BCUT2D eigenvalue weighted by molar-refractivity contribution is 0.630. The number of oxazole rings is 1. The maximum absolute atomic E-state index is 8.55. The van der Waals surface area contributed by atoms with Gasteiger partial charge in [-0.25, -0.2) is 4.98 Å². The molecule has 4 nitrogen and oxygen atoms in total. The molecular weight excluding hydrogens is 647 g/mol. The van der Waals surface area contributed by atoms with E-state index in [0.29, 0.717) is 22.6 Å². The fraction of sp³-hybridized carbons (Fsp3) is 0.0204. The van der Waals surface area contributed by atoms with E-state index in [4.69, 9.17) is 13.5 Å². The first-order chi connectivity index (χ1) is 27.4. The van der Waals surface area contributed by atoms with Crippen molar-refractivity contribution in [2.24, 2.45) is 0 Å². The van der Waals surface area contributed by atoms with Crippen molar-refractivity contribution in [1.29, 1.82) is 0 Å². The van der Waals surface area contributed by atoms with Gasteiger partial charge in [0.15, 0.2) is 0 Å². The zero-order valence-electron chi connectivity index (χ0n) is 31.6. The number of pyridine rings is 1. The molecular formula is C49H33N3O. The van der Waals surface area contributed by atoms with Gasteiger partial charge >= 0.3 is 5.84 Å². The van der Waals surface area contributed by atoms with E-state index in [1.807, 2.05) is 46.9 Å². The Labute approximate surface area is 311 Å². The molecule has 0 aliphatic heterocycles. The fourth-order valence-corrected chi connectivity index (χ4v) is 7.71. The SMILES string of the molecule is [2H]C([2H])([2H])c1ccc2c(nc3oc4ncccc4n32)c1-c1ccc(-c2c(-c3ccccc3)cc(-c3ccccc3)c(-c3ccccc3)c2-c2ccccc2)cc1. The summed E-state index contributed by atoms with van der Waals surface area (Å²) in [7, 11) is 0. The van der Waals surface area contributed by atoms with E-state index in [-0.39, 0.29) is 5.56 Å². The Morgan fingerprint density at radius 1 is 0.472 bits per heavy atom. The molecule has 0 aliphatic rings. The molecule has 250 valence electrons. The van der Waals surface area contributed by atoms with Crippen LogP contribution in [0.2, 0.25) is 0 Å². The van der Waals surface area contributed by atoms with Crippen LogP contribution in [0.25, 0.3) is 94.9 Å². The molecule has 10 aromatic rings. The summed E-state index contributed by atoms with van der Waals surface area (Å²) in [5.41, 5.74) is 15.1. The van der Waals surface area contributed by atoms with Crippen molar-refractivity contribution in [3.05, 3.63) is 188 Å². The van der Waals surface area contributed by atoms with Gasteiger partial charge in [0, 0.05) is 15.9 Å². The second-order valence-electron chi connectivity index (χ2n) is 13.2. The Kier molecular flexibility index (Phi) is 6.59. The summed E-state index contributed by atoms with van der Waals surface area (Å²) in [5.74, 6) is 0.362. The number of rotatable bonds is 6. The summed E-state index contributed by atoms with van der Waals surface area (Å²) in [6, 6.07) is 60.2. The summed E-state index contributed by atoms with van der Waals surface area (Å²) in [6.07, 6.45) is 1.68. The topological polar surface area (TPSA) is 43.3 Å². The first kappa shape index (κ1) is 27.7. The number of nitrogens with zero attached hydrogens (tertiary/aromatic N) is 3. The lowest BCUT2D eigenvalue weighted by atomic mass is 9.78. The highest BCUT2D eigenvalue weighted by Gasteiger charge is 2.24. The van der Waals surface area contributed by atoms with Gasteiger partial charge in [-0.1, -0.05) is 152 Å². The second-order valence-corrected chi connectivity index (χ2v) is 13.2. The Morgan fingerprint density at radius 3 is 1.55 bits per heavy atom. The van der Waals surface area contributed by atoms with Crippen LogP contribution in [0.5, 0.6) is 0 Å². The van der Waals surface area contributed by atoms with Crippen molar-refractivity contribution in [1.82, 2.24) is 14.4 Å². The van der Waals surface area contributed by atoms with Crippen LogP contribution >= 0.6 is 0 Å². The number of aryl methyl sites for hydroxylation is 1. The molecule has 10 rings (SSSR count). The average Bonchev–Trinajstić information content (AvgIpc) is 3.80. The van der Waals surface area contributed by atoms with Crippen LogP contribution in [0.15, 0.2) is 187 Å². The van der Waals surface area contributed by atoms with Gasteiger partial charge in [-0.3, -0.25) is 4.40 Å². The Hall–Kier alpha value is -7.04. The summed E-state index contributed by atoms with van der Waals surface area (Å²) in [5, 5.41) is 0. The van der Waals surface area contributed by atoms with Crippen LogP contribution in [0.4, 0.5) is 0 Å². The lowest BCUT2D eigenvalue weighted by Gasteiger charge is -2.24. The monoisotopic (exact) mass is 682 g/mol. The Morgan fingerprint density at radius 2 is 0.981 bits per heavy atom. The summed E-state index contributed by atoms with van der Waals surface area (Å²) >= 11 is 0. The normalized spacial score (nSPS) is 12.6. The zero-order valence-corrected chi connectivity index (χ0v) is 28.6. The van der Waals surface area contributed by atoms with E-state index >= 15 is 0 Å². The number of benzene rings is 7. The predicted molar refractivity (Wildman–Crippen MR) is 218 cm³/mol. The largest absolute Gasteiger partial charge is 0.404 e. The van der Waals surface area contributed by atoms with Gasteiger partial charge in [-0.2, -0.15) is 4.98 Å². The molecule has 3 aromatic heterocycles. The summed E-state index contributed by atoms with van der Waals surface area (Å²) in [4.78, 5) is 9.24. The molecule has 0 amide bonds. The molecule has 53 heavy (non-hydrogen) atoms. The number of hydrogen-bond acceptors (Lipinski definition) is 3. The molecule has 0 atom stereocenters. The molecule has 7 aromatic carbocycles. The molecule has 0 N–H and O–H groups in total. The van der Waals surface area contributed by atoms with Gasteiger partial charge in [0.2, 0.25) is 5.71 Å². The highest BCUT2D eigenvalue weighted by molar-refractivity contribution is 6.08. The highest BCUT2D eigenvalue weighted by atomic mass is 16.4. The minimum Gasteiger partial charge on any atom is -0.404 e. The van der Waals surface area contributed by atoms with E-state index in [0.717, 1.165) is 72.2 Å². The van der Waals surface area contributed by atoms with Crippen molar-refractivity contribution in [3.8, 4) is 66.8 Å². The van der Waals surface area contributed by atoms with Gasteiger partial charge in [0.1, 0.15) is 11.0 Å². The molecule has 0 aliphatic carbocycles. The third-order valence-corrected chi connectivity index (χ3v) is 10.1. The molecule has 4 heteroatoms. The van der Waals surface area contributed by atoms with Gasteiger partial charge in [-0.15, -0.1) is 0 Å². The maximum atomic E-state index is 8.55. The van der Waals surface area contributed by atoms with Crippen molar-refractivity contribution >= 4 is 28.1 Å². The van der Waals surface area contributed by atoms with Crippen LogP contribution in [0, 0.1) is 6.85 Å². The van der Waals surface area contributed by atoms with Crippen LogP contribution < -0.4 is 0 Å². The van der Waals surface area contributed by atoms with E-state index in [2.05, 4.69) is 132 Å². The Balaban J connectivity index is 1.26. The third kappa shape index (κ3) is 5.15. The molecule has 0 unspecified atom stereocenters. The van der Waals surface area contributed by atoms with E-state index in [9.17, 15) is 0 Å². The van der Waals surface area contributed by atoms with E-state index in [1.165, 1.54) is 0 Å². The maximum Gasteiger partial charge on any atom is 0.309 e.